The second-order valence-electron chi connectivity index (χ2n) is 4.29. The molecule has 2 aromatic heterocycles. The van der Waals surface area contributed by atoms with Crippen LogP contribution in [0.4, 0.5) is 5.69 Å². The summed E-state index contributed by atoms with van der Waals surface area (Å²) in [5.41, 5.74) is 1.85. The Morgan fingerprint density at radius 1 is 1.20 bits per heavy atom. The number of rotatable bonds is 4. The molecular weight excluding hydrogens is 270 g/mol. The molecule has 1 N–H and O–H groups in total. The van der Waals surface area contributed by atoms with Gasteiger partial charge in [0, 0.05) is 18.1 Å². The predicted octanol–water partition coefficient (Wildman–Crippen LogP) is 3.25. The van der Waals surface area contributed by atoms with Gasteiger partial charge in [0.2, 0.25) is 0 Å². The standard InChI is InChI=1S/C15H13N3OS/c19-15(14-7-3-10-20-14)17-13-6-2-1-5-12(13)11-18-9-4-8-16-18/h1-10H,11H2,(H,17,19). The highest BCUT2D eigenvalue weighted by Gasteiger charge is 2.09. The van der Waals surface area contributed by atoms with Gasteiger partial charge in [-0.05, 0) is 29.1 Å². The van der Waals surface area contributed by atoms with Gasteiger partial charge in [0.05, 0.1) is 11.4 Å². The molecule has 0 bridgehead atoms. The minimum atomic E-state index is -0.0760. The summed E-state index contributed by atoms with van der Waals surface area (Å²) in [5, 5.41) is 9.04. The summed E-state index contributed by atoms with van der Waals surface area (Å²) in [6, 6.07) is 13.3. The zero-order valence-corrected chi connectivity index (χ0v) is 11.5. The van der Waals surface area contributed by atoms with E-state index in [9.17, 15) is 4.79 Å². The number of amides is 1. The van der Waals surface area contributed by atoms with Crippen LogP contribution in [0.5, 0.6) is 0 Å². The number of hydrogen-bond acceptors (Lipinski definition) is 3. The number of carbonyl (C=O) groups excluding carboxylic acids is 1. The number of hydrogen-bond donors (Lipinski definition) is 1. The van der Waals surface area contributed by atoms with Crippen LogP contribution in [-0.4, -0.2) is 15.7 Å². The quantitative estimate of drug-likeness (QED) is 0.799. The normalized spacial score (nSPS) is 10.4. The summed E-state index contributed by atoms with van der Waals surface area (Å²) >= 11 is 1.43. The zero-order valence-electron chi connectivity index (χ0n) is 10.7. The lowest BCUT2D eigenvalue weighted by Gasteiger charge is -2.10. The van der Waals surface area contributed by atoms with Gasteiger partial charge in [-0.25, -0.2) is 0 Å². The minimum absolute atomic E-state index is 0.0760. The third-order valence-corrected chi connectivity index (χ3v) is 3.77. The molecule has 3 rings (SSSR count). The van der Waals surface area contributed by atoms with E-state index in [0.29, 0.717) is 11.4 Å². The fourth-order valence-electron chi connectivity index (χ4n) is 1.94. The Balaban J connectivity index is 1.81. The lowest BCUT2D eigenvalue weighted by atomic mass is 10.1. The summed E-state index contributed by atoms with van der Waals surface area (Å²) in [6.07, 6.45) is 3.64. The van der Waals surface area contributed by atoms with Crippen molar-refractivity contribution in [1.82, 2.24) is 9.78 Å². The lowest BCUT2D eigenvalue weighted by molar-refractivity contribution is 0.103. The Hall–Kier alpha value is -2.40. The Labute approximate surface area is 120 Å². The number of thiophene rings is 1. The monoisotopic (exact) mass is 283 g/mol. The molecule has 3 aromatic rings. The fourth-order valence-corrected chi connectivity index (χ4v) is 2.56. The molecule has 0 aliphatic carbocycles. The van der Waals surface area contributed by atoms with Gasteiger partial charge in [-0.3, -0.25) is 9.48 Å². The number of anilines is 1. The molecule has 0 aliphatic rings. The van der Waals surface area contributed by atoms with E-state index in [1.165, 1.54) is 11.3 Å². The van der Waals surface area contributed by atoms with Crippen molar-refractivity contribution in [2.24, 2.45) is 0 Å². The van der Waals surface area contributed by atoms with Crippen LogP contribution in [0.2, 0.25) is 0 Å². The maximum atomic E-state index is 12.1. The van der Waals surface area contributed by atoms with E-state index in [-0.39, 0.29) is 5.91 Å². The molecule has 2 heterocycles. The summed E-state index contributed by atoms with van der Waals surface area (Å²) in [7, 11) is 0. The number of nitrogens with one attached hydrogen (secondary N) is 1. The van der Waals surface area contributed by atoms with Crippen molar-refractivity contribution in [2.45, 2.75) is 6.54 Å². The van der Waals surface area contributed by atoms with E-state index >= 15 is 0 Å². The van der Waals surface area contributed by atoms with Crippen molar-refractivity contribution in [1.29, 1.82) is 0 Å². The second kappa shape index (κ2) is 5.71. The molecule has 0 spiro atoms. The molecular formula is C15H13N3OS. The van der Waals surface area contributed by atoms with Crippen LogP contribution in [0.1, 0.15) is 15.2 Å². The van der Waals surface area contributed by atoms with E-state index in [1.807, 2.05) is 58.7 Å². The van der Waals surface area contributed by atoms with Gasteiger partial charge in [-0.1, -0.05) is 24.3 Å². The van der Waals surface area contributed by atoms with Gasteiger partial charge >= 0.3 is 0 Å². The van der Waals surface area contributed by atoms with Crippen LogP contribution in [-0.2, 0) is 6.54 Å². The molecule has 0 aliphatic heterocycles. The predicted molar refractivity (Wildman–Crippen MR) is 80.0 cm³/mol. The fraction of sp³-hybridized carbons (Fsp3) is 0.0667. The van der Waals surface area contributed by atoms with Crippen LogP contribution in [0, 0.1) is 0 Å². The second-order valence-corrected chi connectivity index (χ2v) is 5.24. The van der Waals surface area contributed by atoms with E-state index < -0.39 is 0 Å². The first-order chi connectivity index (χ1) is 9.83. The molecule has 1 aromatic carbocycles. The van der Waals surface area contributed by atoms with Gasteiger partial charge in [0.1, 0.15) is 0 Å². The van der Waals surface area contributed by atoms with Gasteiger partial charge < -0.3 is 5.32 Å². The molecule has 20 heavy (non-hydrogen) atoms. The Morgan fingerprint density at radius 3 is 2.85 bits per heavy atom. The number of carbonyl (C=O) groups is 1. The van der Waals surface area contributed by atoms with Gasteiger partial charge in [0.25, 0.3) is 5.91 Å². The average Bonchev–Trinajstić information content (AvgIpc) is 3.13. The Morgan fingerprint density at radius 2 is 2.10 bits per heavy atom. The highest BCUT2D eigenvalue weighted by Crippen LogP contribution is 2.18. The van der Waals surface area contributed by atoms with Crippen LogP contribution in [0.15, 0.2) is 60.2 Å². The van der Waals surface area contributed by atoms with Crippen LogP contribution in [0.3, 0.4) is 0 Å². The first-order valence-electron chi connectivity index (χ1n) is 6.23. The molecule has 5 heteroatoms. The average molecular weight is 283 g/mol. The number of nitrogens with zero attached hydrogens (tertiary/aromatic N) is 2. The zero-order chi connectivity index (χ0) is 13.8. The topological polar surface area (TPSA) is 46.9 Å². The molecule has 4 nitrogen and oxygen atoms in total. The third-order valence-electron chi connectivity index (χ3n) is 2.90. The molecule has 1 amide bonds. The van der Waals surface area contributed by atoms with Crippen molar-refractivity contribution in [2.75, 3.05) is 5.32 Å². The van der Waals surface area contributed by atoms with E-state index in [0.717, 1.165) is 11.3 Å². The summed E-state index contributed by atoms with van der Waals surface area (Å²) in [4.78, 5) is 12.8. The first-order valence-corrected chi connectivity index (χ1v) is 7.11. The van der Waals surface area contributed by atoms with Crippen molar-refractivity contribution >= 4 is 22.9 Å². The number of benzene rings is 1. The summed E-state index contributed by atoms with van der Waals surface area (Å²) < 4.78 is 1.83. The number of para-hydroxylation sites is 1. The largest absolute Gasteiger partial charge is 0.321 e. The van der Waals surface area contributed by atoms with E-state index in [1.54, 1.807) is 6.20 Å². The highest BCUT2D eigenvalue weighted by atomic mass is 32.1. The van der Waals surface area contributed by atoms with Gasteiger partial charge in [-0.2, -0.15) is 5.10 Å². The molecule has 0 fully saturated rings. The van der Waals surface area contributed by atoms with Crippen LogP contribution in [0.25, 0.3) is 0 Å². The molecule has 100 valence electrons. The molecule has 0 saturated heterocycles. The van der Waals surface area contributed by atoms with Crippen molar-refractivity contribution in [3.8, 4) is 0 Å². The van der Waals surface area contributed by atoms with Crippen LogP contribution >= 0.6 is 11.3 Å². The van der Waals surface area contributed by atoms with Crippen molar-refractivity contribution in [3.05, 3.63) is 70.7 Å². The van der Waals surface area contributed by atoms with Crippen molar-refractivity contribution in [3.63, 3.8) is 0 Å². The SMILES string of the molecule is O=C(Nc1ccccc1Cn1cccn1)c1cccs1. The van der Waals surface area contributed by atoms with Gasteiger partial charge in [0.15, 0.2) is 0 Å². The molecule has 0 saturated carbocycles. The third kappa shape index (κ3) is 2.78. The summed E-state index contributed by atoms with van der Waals surface area (Å²) in [6.45, 7) is 0.633. The van der Waals surface area contributed by atoms with E-state index in [2.05, 4.69) is 10.4 Å². The molecule has 0 unspecified atom stereocenters. The van der Waals surface area contributed by atoms with Crippen molar-refractivity contribution < 1.29 is 4.79 Å². The smallest absolute Gasteiger partial charge is 0.265 e. The molecule has 0 radical (unpaired) electrons. The maximum absolute atomic E-state index is 12.1. The summed E-state index contributed by atoms with van der Waals surface area (Å²) in [5.74, 6) is -0.0760. The maximum Gasteiger partial charge on any atom is 0.265 e. The Bertz CT molecular complexity index is 690. The van der Waals surface area contributed by atoms with E-state index in [4.69, 9.17) is 0 Å². The molecule has 0 atom stereocenters. The van der Waals surface area contributed by atoms with Crippen LogP contribution < -0.4 is 5.32 Å². The first kappa shape index (κ1) is 12.6. The van der Waals surface area contributed by atoms with Gasteiger partial charge in [-0.15, -0.1) is 11.3 Å². The lowest BCUT2D eigenvalue weighted by Crippen LogP contribution is -2.13. The Kier molecular flexibility index (Phi) is 3.60. The minimum Gasteiger partial charge on any atom is -0.321 e. The highest BCUT2D eigenvalue weighted by molar-refractivity contribution is 7.12. The number of aromatic nitrogens is 2.